The molecule has 0 unspecified atom stereocenters. The Bertz CT molecular complexity index is 1100. The van der Waals surface area contributed by atoms with Gasteiger partial charge in [-0.2, -0.15) is 13.2 Å². The first-order chi connectivity index (χ1) is 15.3. The van der Waals surface area contributed by atoms with Gasteiger partial charge in [0, 0.05) is 31.0 Å². The number of carbonyl (C=O) groups is 1. The first-order valence-electron chi connectivity index (χ1n) is 10.1. The fourth-order valence-corrected chi connectivity index (χ4v) is 3.81. The number of amides is 1. The number of nitrogens with zero attached hydrogens (tertiary/aromatic N) is 4. The van der Waals surface area contributed by atoms with Crippen LogP contribution in [0.2, 0.25) is 0 Å². The van der Waals surface area contributed by atoms with Crippen molar-refractivity contribution in [1.82, 2.24) is 20.0 Å². The lowest BCUT2D eigenvalue weighted by atomic mass is 9.96. The Kier molecular flexibility index (Phi) is 6.18. The van der Waals surface area contributed by atoms with Gasteiger partial charge in [-0.3, -0.25) is 9.80 Å². The topological polar surface area (TPSA) is 49.3 Å². The number of alkyl halides is 3. The van der Waals surface area contributed by atoms with Crippen LogP contribution in [-0.2, 0) is 12.7 Å². The fraction of sp³-hybridized carbons (Fsp3) is 0.261. The van der Waals surface area contributed by atoms with Gasteiger partial charge < -0.3 is 0 Å². The van der Waals surface area contributed by atoms with Gasteiger partial charge in [-0.1, -0.05) is 24.3 Å². The number of hydrazine groups is 1. The van der Waals surface area contributed by atoms with E-state index in [1.54, 1.807) is 0 Å². The Morgan fingerprint density at radius 1 is 1.00 bits per heavy atom. The molecule has 0 bridgehead atoms. The lowest BCUT2D eigenvalue weighted by Gasteiger charge is -2.32. The first kappa shape index (κ1) is 21.9. The monoisotopic (exact) mass is 444 g/mol. The Morgan fingerprint density at radius 2 is 1.69 bits per heavy atom. The molecule has 166 valence electrons. The normalized spacial score (nSPS) is 14.5. The zero-order valence-electron chi connectivity index (χ0n) is 17.0. The predicted octanol–water partition coefficient (Wildman–Crippen LogP) is 4.95. The van der Waals surface area contributed by atoms with Crippen LogP contribution in [0.25, 0.3) is 11.1 Å². The summed E-state index contributed by atoms with van der Waals surface area (Å²) < 4.78 is 55.3. The van der Waals surface area contributed by atoms with Gasteiger partial charge in [0.15, 0.2) is 0 Å². The van der Waals surface area contributed by atoms with Crippen molar-refractivity contribution in [3.05, 3.63) is 83.7 Å². The minimum atomic E-state index is -4.65. The van der Waals surface area contributed by atoms with Crippen molar-refractivity contribution in [2.45, 2.75) is 25.6 Å². The largest absolute Gasteiger partial charge is 0.417 e. The van der Waals surface area contributed by atoms with Crippen LogP contribution < -0.4 is 0 Å². The van der Waals surface area contributed by atoms with E-state index >= 15 is 0 Å². The van der Waals surface area contributed by atoms with Crippen LogP contribution in [-0.4, -0.2) is 39.0 Å². The molecule has 1 amide bonds. The van der Waals surface area contributed by atoms with Gasteiger partial charge >= 0.3 is 6.18 Å². The zero-order chi connectivity index (χ0) is 22.7. The SMILES string of the molecule is O=C(c1cncnc1)N(Cc1ccc(C(F)(F)F)c(-c2ccccc2F)c1)N1CCCC1. The third kappa shape index (κ3) is 4.62. The number of hydrogen-bond acceptors (Lipinski definition) is 4. The summed E-state index contributed by atoms with van der Waals surface area (Å²) >= 11 is 0. The minimum absolute atomic E-state index is 0.0350. The average molecular weight is 444 g/mol. The van der Waals surface area contributed by atoms with Crippen molar-refractivity contribution < 1.29 is 22.4 Å². The van der Waals surface area contributed by atoms with Gasteiger partial charge in [0.2, 0.25) is 0 Å². The quantitative estimate of drug-likeness (QED) is 0.523. The lowest BCUT2D eigenvalue weighted by Crippen LogP contribution is -2.44. The van der Waals surface area contributed by atoms with Gasteiger partial charge in [0.25, 0.3) is 5.91 Å². The highest BCUT2D eigenvalue weighted by atomic mass is 19.4. The molecule has 0 spiro atoms. The number of hydrogen-bond donors (Lipinski definition) is 0. The summed E-state index contributed by atoms with van der Waals surface area (Å²) in [6.45, 7) is 1.34. The summed E-state index contributed by atoms with van der Waals surface area (Å²) in [4.78, 5) is 20.9. The Morgan fingerprint density at radius 3 is 2.34 bits per heavy atom. The van der Waals surface area contributed by atoms with Crippen LogP contribution in [0.3, 0.4) is 0 Å². The second-order valence-electron chi connectivity index (χ2n) is 7.51. The predicted molar refractivity (Wildman–Crippen MR) is 110 cm³/mol. The summed E-state index contributed by atoms with van der Waals surface area (Å²) in [5, 5.41) is 3.37. The van der Waals surface area contributed by atoms with E-state index in [0.717, 1.165) is 25.0 Å². The number of halogens is 4. The van der Waals surface area contributed by atoms with E-state index in [0.29, 0.717) is 18.7 Å². The summed E-state index contributed by atoms with van der Waals surface area (Å²) in [6, 6.07) is 8.91. The minimum Gasteiger partial charge on any atom is -0.267 e. The third-order valence-corrected chi connectivity index (χ3v) is 5.35. The highest BCUT2D eigenvalue weighted by Gasteiger charge is 2.35. The molecule has 0 saturated carbocycles. The zero-order valence-corrected chi connectivity index (χ0v) is 17.0. The molecule has 2 heterocycles. The highest BCUT2D eigenvalue weighted by Crippen LogP contribution is 2.38. The van der Waals surface area contributed by atoms with E-state index in [-0.39, 0.29) is 29.1 Å². The molecule has 0 radical (unpaired) electrons. The molecule has 1 aliphatic rings. The Balaban J connectivity index is 1.74. The van der Waals surface area contributed by atoms with E-state index in [1.165, 1.54) is 54.1 Å². The molecule has 2 aromatic carbocycles. The molecule has 0 aliphatic carbocycles. The number of benzene rings is 2. The molecule has 0 atom stereocenters. The molecule has 1 saturated heterocycles. The van der Waals surface area contributed by atoms with E-state index < -0.39 is 17.6 Å². The maximum absolute atomic E-state index is 14.4. The van der Waals surface area contributed by atoms with Gasteiger partial charge in [-0.05, 0) is 42.2 Å². The summed E-state index contributed by atoms with van der Waals surface area (Å²) in [5.41, 5.74) is -0.599. The molecule has 3 aromatic rings. The van der Waals surface area contributed by atoms with E-state index in [4.69, 9.17) is 0 Å². The maximum Gasteiger partial charge on any atom is 0.417 e. The van der Waals surface area contributed by atoms with Crippen LogP contribution in [0, 0.1) is 5.82 Å². The molecular formula is C23H20F4N4O. The summed E-state index contributed by atoms with van der Waals surface area (Å²) in [6.07, 6.45) is 1.27. The van der Waals surface area contributed by atoms with Crippen LogP contribution >= 0.6 is 0 Å². The number of carbonyl (C=O) groups excluding carboxylic acids is 1. The van der Waals surface area contributed by atoms with Gasteiger partial charge in [0.05, 0.1) is 17.7 Å². The van der Waals surface area contributed by atoms with Crippen molar-refractivity contribution in [2.24, 2.45) is 0 Å². The number of rotatable bonds is 5. The van der Waals surface area contributed by atoms with Crippen LogP contribution in [0.5, 0.6) is 0 Å². The first-order valence-corrected chi connectivity index (χ1v) is 10.1. The summed E-state index contributed by atoms with van der Waals surface area (Å²) in [5.74, 6) is -1.09. The van der Waals surface area contributed by atoms with Crippen molar-refractivity contribution in [1.29, 1.82) is 0 Å². The maximum atomic E-state index is 14.4. The number of aromatic nitrogens is 2. The Hall–Kier alpha value is -3.33. The Labute approximate surface area is 182 Å². The van der Waals surface area contributed by atoms with Crippen molar-refractivity contribution >= 4 is 5.91 Å². The second kappa shape index (κ2) is 9.04. The van der Waals surface area contributed by atoms with E-state index in [9.17, 15) is 22.4 Å². The fourth-order valence-electron chi connectivity index (χ4n) is 3.81. The molecule has 4 rings (SSSR count). The molecule has 1 aromatic heterocycles. The van der Waals surface area contributed by atoms with Crippen LogP contribution in [0.4, 0.5) is 17.6 Å². The van der Waals surface area contributed by atoms with E-state index in [2.05, 4.69) is 9.97 Å². The summed E-state index contributed by atoms with van der Waals surface area (Å²) in [7, 11) is 0. The van der Waals surface area contributed by atoms with Crippen LogP contribution in [0.15, 0.2) is 61.2 Å². The molecule has 9 heteroatoms. The molecule has 1 fully saturated rings. The van der Waals surface area contributed by atoms with Gasteiger partial charge in [-0.15, -0.1) is 0 Å². The van der Waals surface area contributed by atoms with Crippen molar-refractivity contribution in [2.75, 3.05) is 13.1 Å². The molecular weight excluding hydrogens is 424 g/mol. The van der Waals surface area contributed by atoms with E-state index in [1.807, 2.05) is 5.01 Å². The van der Waals surface area contributed by atoms with Crippen LogP contribution in [0.1, 0.15) is 34.3 Å². The smallest absolute Gasteiger partial charge is 0.267 e. The molecule has 0 N–H and O–H groups in total. The van der Waals surface area contributed by atoms with Gasteiger partial charge in [0.1, 0.15) is 12.1 Å². The molecule has 5 nitrogen and oxygen atoms in total. The molecule has 32 heavy (non-hydrogen) atoms. The van der Waals surface area contributed by atoms with Crippen molar-refractivity contribution in [3.63, 3.8) is 0 Å². The highest BCUT2D eigenvalue weighted by molar-refractivity contribution is 5.93. The van der Waals surface area contributed by atoms with Gasteiger partial charge in [-0.25, -0.2) is 19.4 Å². The second-order valence-corrected chi connectivity index (χ2v) is 7.51. The molecule has 1 aliphatic heterocycles. The lowest BCUT2D eigenvalue weighted by molar-refractivity contribution is -0.137. The third-order valence-electron chi connectivity index (χ3n) is 5.35. The standard InChI is InChI=1S/C23H20F4N4O/c24-21-6-2-1-5-18(21)19-11-16(7-8-20(19)23(25,26)27)14-31(30-9-3-4-10-30)22(32)17-12-28-15-29-13-17/h1-2,5-8,11-13,15H,3-4,9-10,14H2. The van der Waals surface area contributed by atoms with Crippen molar-refractivity contribution in [3.8, 4) is 11.1 Å². The average Bonchev–Trinajstić information content (AvgIpc) is 3.32.